The smallest absolute Gasteiger partial charge is 0.101 e. The normalized spacial score (nSPS) is 10.2. The van der Waals surface area contributed by atoms with Crippen molar-refractivity contribution in [3.63, 3.8) is 0 Å². The molecule has 0 fully saturated rings. The van der Waals surface area contributed by atoms with Crippen LogP contribution in [0.3, 0.4) is 0 Å². The molecule has 0 aliphatic carbocycles. The molecule has 2 heteroatoms. The molecule has 0 bridgehead atoms. The summed E-state index contributed by atoms with van der Waals surface area (Å²) < 4.78 is 0. The van der Waals surface area contributed by atoms with Gasteiger partial charge >= 0.3 is 0 Å². The van der Waals surface area contributed by atoms with Crippen molar-refractivity contribution in [2.24, 2.45) is 0 Å². The fourth-order valence-corrected chi connectivity index (χ4v) is 1.89. The third-order valence-electron chi connectivity index (χ3n) is 2.67. The Morgan fingerprint density at radius 3 is 2.56 bits per heavy atom. The van der Waals surface area contributed by atoms with E-state index in [0.29, 0.717) is 6.04 Å². The summed E-state index contributed by atoms with van der Waals surface area (Å²) in [6.45, 7) is 9.50. The van der Waals surface area contributed by atoms with Crippen LogP contribution in [0, 0.1) is 18.3 Å². The second-order valence-corrected chi connectivity index (χ2v) is 4.42. The number of nitriles is 1. The van der Waals surface area contributed by atoms with Gasteiger partial charge in [0, 0.05) is 12.6 Å². The summed E-state index contributed by atoms with van der Waals surface area (Å²) >= 11 is 0. The van der Waals surface area contributed by atoms with Crippen molar-refractivity contribution < 1.29 is 0 Å². The average Bonchev–Trinajstić information content (AvgIpc) is 2.26. The molecule has 16 heavy (non-hydrogen) atoms. The quantitative estimate of drug-likeness (QED) is 0.770. The largest absolute Gasteiger partial charge is 0.368 e. The van der Waals surface area contributed by atoms with Crippen molar-refractivity contribution in [2.45, 2.75) is 40.2 Å². The molecule has 0 spiro atoms. The first-order chi connectivity index (χ1) is 7.60. The lowest BCUT2D eigenvalue weighted by Crippen LogP contribution is -2.32. The maximum Gasteiger partial charge on any atom is 0.101 e. The van der Waals surface area contributed by atoms with Crippen molar-refractivity contribution in [3.05, 3.63) is 29.3 Å². The van der Waals surface area contributed by atoms with E-state index in [9.17, 15) is 0 Å². The van der Waals surface area contributed by atoms with E-state index in [0.717, 1.165) is 29.8 Å². The van der Waals surface area contributed by atoms with E-state index in [2.05, 4.69) is 43.9 Å². The summed E-state index contributed by atoms with van der Waals surface area (Å²) in [7, 11) is 0. The van der Waals surface area contributed by atoms with Gasteiger partial charge in [0.25, 0.3) is 0 Å². The van der Waals surface area contributed by atoms with Gasteiger partial charge in [-0.1, -0.05) is 13.0 Å². The Kier molecular flexibility index (Phi) is 4.37. The molecule has 0 aromatic heterocycles. The SMILES string of the molecule is CCCN(c1ccc(C)cc1C#N)C(C)C. The molecule has 0 amide bonds. The minimum Gasteiger partial charge on any atom is -0.368 e. The maximum atomic E-state index is 9.17. The molecule has 0 aliphatic heterocycles. The predicted molar refractivity (Wildman–Crippen MR) is 68.7 cm³/mol. The number of rotatable bonds is 4. The first kappa shape index (κ1) is 12.6. The van der Waals surface area contributed by atoms with Crippen LogP contribution in [0.1, 0.15) is 38.3 Å². The van der Waals surface area contributed by atoms with Crippen LogP contribution in [-0.4, -0.2) is 12.6 Å². The van der Waals surface area contributed by atoms with Crippen molar-refractivity contribution in [3.8, 4) is 6.07 Å². The molecule has 0 radical (unpaired) electrons. The molecule has 0 saturated heterocycles. The summed E-state index contributed by atoms with van der Waals surface area (Å²) in [5.41, 5.74) is 2.98. The van der Waals surface area contributed by atoms with E-state index in [4.69, 9.17) is 5.26 Å². The minimum atomic E-state index is 0.426. The lowest BCUT2D eigenvalue weighted by atomic mass is 10.1. The molecular weight excluding hydrogens is 196 g/mol. The number of anilines is 1. The Morgan fingerprint density at radius 2 is 2.06 bits per heavy atom. The number of hydrogen-bond acceptors (Lipinski definition) is 2. The van der Waals surface area contributed by atoms with Crippen LogP contribution >= 0.6 is 0 Å². The van der Waals surface area contributed by atoms with Crippen LogP contribution in [-0.2, 0) is 0 Å². The molecule has 0 aliphatic rings. The van der Waals surface area contributed by atoms with Gasteiger partial charge in [-0.15, -0.1) is 0 Å². The first-order valence-electron chi connectivity index (χ1n) is 5.87. The minimum absolute atomic E-state index is 0.426. The van der Waals surface area contributed by atoms with Crippen LogP contribution in [0.15, 0.2) is 18.2 Å². The summed E-state index contributed by atoms with van der Waals surface area (Å²) in [4.78, 5) is 2.29. The Bertz CT molecular complexity index is 388. The fourth-order valence-electron chi connectivity index (χ4n) is 1.89. The average molecular weight is 216 g/mol. The fraction of sp³-hybridized carbons (Fsp3) is 0.500. The number of aryl methyl sites for hydroxylation is 1. The second kappa shape index (κ2) is 5.55. The highest BCUT2D eigenvalue weighted by Crippen LogP contribution is 2.23. The van der Waals surface area contributed by atoms with E-state index in [1.54, 1.807) is 0 Å². The molecule has 0 N–H and O–H groups in total. The van der Waals surface area contributed by atoms with Gasteiger partial charge in [-0.25, -0.2) is 0 Å². The molecule has 1 aromatic rings. The maximum absolute atomic E-state index is 9.17. The number of benzene rings is 1. The standard InChI is InChI=1S/C14H20N2/c1-5-8-16(11(2)3)14-7-6-12(4)9-13(14)10-15/h6-7,9,11H,5,8H2,1-4H3. The van der Waals surface area contributed by atoms with Crippen LogP contribution in [0.2, 0.25) is 0 Å². The molecule has 0 heterocycles. The van der Waals surface area contributed by atoms with Crippen molar-refractivity contribution in [1.29, 1.82) is 5.26 Å². The lowest BCUT2D eigenvalue weighted by Gasteiger charge is -2.29. The topological polar surface area (TPSA) is 27.0 Å². The molecule has 0 atom stereocenters. The van der Waals surface area contributed by atoms with E-state index >= 15 is 0 Å². The van der Waals surface area contributed by atoms with E-state index in [-0.39, 0.29) is 0 Å². The monoisotopic (exact) mass is 216 g/mol. The van der Waals surface area contributed by atoms with E-state index in [1.807, 2.05) is 13.0 Å². The second-order valence-electron chi connectivity index (χ2n) is 4.42. The van der Waals surface area contributed by atoms with Gasteiger partial charge in [-0.2, -0.15) is 5.26 Å². The van der Waals surface area contributed by atoms with Gasteiger partial charge < -0.3 is 4.90 Å². The van der Waals surface area contributed by atoms with Crippen molar-refractivity contribution >= 4 is 5.69 Å². The van der Waals surface area contributed by atoms with Crippen molar-refractivity contribution in [2.75, 3.05) is 11.4 Å². The number of nitrogens with zero attached hydrogens (tertiary/aromatic N) is 2. The van der Waals surface area contributed by atoms with Gasteiger partial charge in [0.05, 0.1) is 11.3 Å². The van der Waals surface area contributed by atoms with E-state index < -0.39 is 0 Å². The molecule has 2 nitrogen and oxygen atoms in total. The van der Waals surface area contributed by atoms with Gasteiger partial charge in [0.1, 0.15) is 6.07 Å². The zero-order valence-corrected chi connectivity index (χ0v) is 10.6. The highest BCUT2D eigenvalue weighted by atomic mass is 15.1. The predicted octanol–water partition coefficient (Wildman–Crippen LogP) is 3.49. The Hall–Kier alpha value is -1.49. The van der Waals surface area contributed by atoms with Gasteiger partial charge in [0.15, 0.2) is 0 Å². The summed E-state index contributed by atoms with van der Waals surface area (Å²) in [5, 5.41) is 9.17. The highest BCUT2D eigenvalue weighted by Gasteiger charge is 2.13. The Morgan fingerprint density at radius 1 is 1.38 bits per heavy atom. The van der Waals surface area contributed by atoms with Gasteiger partial charge in [0.2, 0.25) is 0 Å². The molecule has 1 aromatic carbocycles. The first-order valence-corrected chi connectivity index (χ1v) is 5.87. The van der Waals surface area contributed by atoms with Crippen LogP contribution in [0.4, 0.5) is 5.69 Å². The van der Waals surface area contributed by atoms with Crippen LogP contribution in [0.5, 0.6) is 0 Å². The van der Waals surface area contributed by atoms with E-state index in [1.165, 1.54) is 0 Å². The molecular formula is C14H20N2. The molecule has 0 saturated carbocycles. The molecule has 0 unspecified atom stereocenters. The third-order valence-corrected chi connectivity index (χ3v) is 2.67. The number of hydrogen-bond donors (Lipinski definition) is 0. The molecule has 1 rings (SSSR count). The van der Waals surface area contributed by atoms with Gasteiger partial charge in [-0.05, 0) is 44.9 Å². The highest BCUT2D eigenvalue weighted by molar-refractivity contribution is 5.60. The third kappa shape index (κ3) is 2.76. The zero-order valence-electron chi connectivity index (χ0n) is 10.6. The summed E-state index contributed by atoms with van der Waals surface area (Å²) in [6, 6.07) is 8.80. The van der Waals surface area contributed by atoms with Crippen LogP contribution < -0.4 is 4.90 Å². The summed E-state index contributed by atoms with van der Waals surface area (Å²) in [6.07, 6.45) is 1.09. The van der Waals surface area contributed by atoms with Crippen LogP contribution in [0.25, 0.3) is 0 Å². The lowest BCUT2D eigenvalue weighted by molar-refractivity contribution is 0.670. The summed E-state index contributed by atoms with van der Waals surface area (Å²) in [5.74, 6) is 0. The van der Waals surface area contributed by atoms with Gasteiger partial charge in [-0.3, -0.25) is 0 Å². The van der Waals surface area contributed by atoms with Crippen molar-refractivity contribution in [1.82, 2.24) is 0 Å². The zero-order chi connectivity index (χ0) is 12.1. The Labute approximate surface area is 98.5 Å². The Balaban J connectivity index is 3.14. The molecule has 86 valence electrons.